The minimum Gasteiger partial charge on any atom is -0.385 e. The van der Waals surface area contributed by atoms with Gasteiger partial charge in [0, 0.05) is 47.9 Å². The van der Waals surface area contributed by atoms with Gasteiger partial charge in [0.25, 0.3) is 0 Å². The number of aliphatic imine (C=N–C) groups is 1. The number of nitrogens with two attached hydrogens (primary N) is 1. The Kier molecular flexibility index (Phi) is 5.31. The van der Waals surface area contributed by atoms with E-state index in [9.17, 15) is 4.79 Å². The number of carbonyl (C=O) groups excluding carboxylic acids is 1. The molecular weight excluding hydrogens is 433 g/mol. The molecule has 130 valence electrons. The molecule has 0 aliphatic heterocycles. The highest BCUT2D eigenvalue weighted by Gasteiger charge is 2.14. The minimum absolute atomic E-state index is 0.0547. The second-order valence-corrected chi connectivity index (χ2v) is 6.01. The highest BCUT2D eigenvalue weighted by Crippen LogP contribution is 2.25. The van der Waals surface area contributed by atoms with Crippen molar-refractivity contribution in [1.29, 1.82) is 0 Å². The van der Waals surface area contributed by atoms with Crippen LogP contribution in [0.4, 0.5) is 5.82 Å². The number of nitrogens with zero attached hydrogens (tertiary/aromatic N) is 4. The number of halogens is 1. The van der Waals surface area contributed by atoms with E-state index in [0.29, 0.717) is 28.4 Å². The summed E-state index contributed by atoms with van der Waals surface area (Å²) in [6.45, 7) is 2.70. The summed E-state index contributed by atoms with van der Waals surface area (Å²) in [5, 5.41) is 3.66. The smallest absolute Gasteiger partial charge is 0.239 e. The molecule has 3 aromatic heterocycles. The number of carbonyl (C=O) groups is 1. The molecule has 3 aromatic rings. The first-order valence-electron chi connectivity index (χ1n) is 7.75. The minimum atomic E-state index is -0.0547. The summed E-state index contributed by atoms with van der Waals surface area (Å²) in [5.74, 6) is 0.997. The van der Waals surface area contributed by atoms with Gasteiger partial charge in [0.05, 0.1) is 4.55 Å². The van der Waals surface area contributed by atoms with Gasteiger partial charge < -0.3 is 20.6 Å². The molecule has 8 nitrogen and oxygen atoms in total. The molecule has 0 spiro atoms. The average molecular weight is 451 g/mol. The number of amides is 1. The number of anilines is 1. The van der Waals surface area contributed by atoms with E-state index in [0.717, 1.165) is 16.5 Å². The van der Waals surface area contributed by atoms with Gasteiger partial charge in [-0.3, -0.25) is 9.79 Å². The quantitative estimate of drug-likeness (QED) is 0.230. The first-order valence-corrected chi connectivity index (χ1v) is 9.28. The molecule has 25 heavy (non-hydrogen) atoms. The number of rotatable bonds is 6. The van der Waals surface area contributed by atoms with Crippen LogP contribution >= 0.6 is 22.6 Å². The van der Waals surface area contributed by atoms with Gasteiger partial charge in [-0.05, 0) is 13.0 Å². The van der Waals surface area contributed by atoms with E-state index >= 15 is 0 Å². The van der Waals surface area contributed by atoms with Crippen LogP contribution in [-0.4, -0.2) is 42.7 Å². The van der Waals surface area contributed by atoms with Gasteiger partial charge in [-0.2, -0.15) is 0 Å². The molecule has 0 saturated heterocycles. The van der Waals surface area contributed by atoms with Gasteiger partial charge in [-0.15, -0.1) is 0 Å². The molecule has 0 fully saturated rings. The van der Waals surface area contributed by atoms with Crippen molar-refractivity contribution in [3.63, 3.8) is 0 Å². The Bertz CT molecular complexity index is 928. The van der Waals surface area contributed by atoms with Gasteiger partial charge in [0.15, 0.2) is 5.82 Å². The predicted molar refractivity (Wildman–Crippen MR) is 107 cm³/mol. The third-order valence-corrected chi connectivity index (χ3v) is 4.07. The molecule has 0 radical (unpaired) electrons. The number of nitrogen functional groups attached to an aromatic ring is 1. The Morgan fingerprint density at radius 2 is 2.40 bits per heavy atom. The van der Waals surface area contributed by atoms with Crippen molar-refractivity contribution < 1.29 is 4.79 Å². The first-order chi connectivity index (χ1) is 12.1. The summed E-state index contributed by atoms with van der Waals surface area (Å²) in [6, 6.07) is 1.89. The van der Waals surface area contributed by atoms with E-state index in [-0.39, 0.29) is 12.5 Å². The summed E-state index contributed by atoms with van der Waals surface area (Å²) in [5.41, 5.74) is 8.22. The SMILES string of the molecule is CCNC(=O)Cn1ccc2cnc(-c3c[nH]c(N)c3/C=N\CI)nc21. The lowest BCUT2D eigenvalue weighted by molar-refractivity contribution is -0.121. The van der Waals surface area contributed by atoms with Crippen molar-refractivity contribution >= 4 is 51.6 Å². The first kappa shape index (κ1) is 17.4. The molecule has 3 rings (SSSR count). The standard InChI is InChI=1S/C16H18IN7O/c1-2-20-13(25)8-24-4-3-10-5-22-15(23-16(10)24)12-7-21-14(18)11(12)6-19-9-17/h3-7,21H,2,8-9,18H2,1H3,(H,20,25)/b19-6-. The Balaban J connectivity index is 2.01. The van der Waals surface area contributed by atoms with Crippen LogP contribution in [0.1, 0.15) is 12.5 Å². The fourth-order valence-corrected chi connectivity index (χ4v) is 2.73. The van der Waals surface area contributed by atoms with Crippen LogP contribution in [-0.2, 0) is 11.3 Å². The van der Waals surface area contributed by atoms with Gasteiger partial charge >= 0.3 is 0 Å². The lowest BCUT2D eigenvalue weighted by Crippen LogP contribution is -2.26. The van der Waals surface area contributed by atoms with E-state index in [1.54, 1.807) is 23.2 Å². The molecule has 1 amide bonds. The number of hydrogen-bond acceptors (Lipinski definition) is 5. The van der Waals surface area contributed by atoms with Gasteiger partial charge in [0.2, 0.25) is 5.91 Å². The van der Waals surface area contributed by atoms with Crippen molar-refractivity contribution in [2.45, 2.75) is 13.5 Å². The van der Waals surface area contributed by atoms with Gasteiger partial charge in [0.1, 0.15) is 18.0 Å². The molecule has 0 bridgehead atoms. The zero-order chi connectivity index (χ0) is 17.8. The lowest BCUT2D eigenvalue weighted by Gasteiger charge is -2.06. The third-order valence-electron chi connectivity index (χ3n) is 3.67. The number of hydrogen-bond donors (Lipinski definition) is 3. The molecule has 0 unspecified atom stereocenters. The van der Waals surface area contributed by atoms with Crippen molar-refractivity contribution in [2.24, 2.45) is 4.99 Å². The highest BCUT2D eigenvalue weighted by molar-refractivity contribution is 14.1. The summed E-state index contributed by atoms with van der Waals surface area (Å²) >= 11 is 2.16. The fraction of sp³-hybridized carbons (Fsp3) is 0.250. The van der Waals surface area contributed by atoms with Crippen LogP contribution in [0.3, 0.4) is 0 Å². The average Bonchev–Trinajstić information content (AvgIpc) is 3.16. The van der Waals surface area contributed by atoms with Crippen LogP contribution in [0.25, 0.3) is 22.4 Å². The monoisotopic (exact) mass is 451 g/mol. The van der Waals surface area contributed by atoms with E-state index < -0.39 is 0 Å². The number of fused-ring (bicyclic) bond motifs is 1. The van der Waals surface area contributed by atoms with Crippen molar-refractivity contribution in [1.82, 2.24) is 24.8 Å². The van der Waals surface area contributed by atoms with Crippen LogP contribution in [0.2, 0.25) is 0 Å². The molecule has 0 aromatic carbocycles. The van der Waals surface area contributed by atoms with E-state index in [2.05, 4.69) is 47.9 Å². The van der Waals surface area contributed by atoms with Crippen LogP contribution in [0.5, 0.6) is 0 Å². The third kappa shape index (κ3) is 3.65. The largest absolute Gasteiger partial charge is 0.385 e. The van der Waals surface area contributed by atoms with Crippen molar-refractivity contribution in [3.8, 4) is 11.4 Å². The van der Waals surface area contributed by atoms with E-state index in [1.165, 1.54) is 0 Å². The number of alkyl halides is 1. The molecule has 3 heterocycles. The summed E-state index contributed by atoms with van der Waals surface area (Å²) in [6.07, 6.45) is 7.06. The van der Waals surface area contributed by atoms with E-state index in [1.807, 2.05) is 19.2 Å². The van der Waals surface area contributed by atoms with Crippen LogP contribution in [0, 0.1) is 0 Å². The van der Waals surface area contributed by atoms with Crippen LogP contribution < -0.4 is 11.1 Å². The molecule has 0 atom stereocenters. The van der Waals surface area contributed by atoms with Gasteiger partial charge in [-0.1, -0.05) is 22.6 Å². The molecule has 4 N–H and O–H groups in total. The lowest BCUT2D eigenvalue weighted by atomic mass is 10.2. The van der Waals surface area contributed by atoms with Crippen LogP contribution in [0.15, 0.2) is 29.6 Å². The number of aromatic nitrogens is 4. The predicted octanol–water partition coefficient (Wildman–Crippen LogP) is 1.96. The topological polar surface area (TPSA) is 114 Å². The summed E-state index contributed by atoms with van der Waals surface area (Å²) in [4.78, 5) is 28.1. The number of H-pyrrole nitrogens is 1. The second-order valence-electron chi connectivity index (χ2n) is 5.33. The Hall–Kier alpha value is -2.43. The Labute approximate surface area is 158 Å². The second kappa shape index (κ2) is 7.64. The maximum absolute atomic E-state index is 11.9. The molecule has 9 heteroatoms. The molecule has 0 aliphatic carbocycles. The Morgan fingerprint density at radius 1 is 1.56 bits per heavy atom. The molecular formula is C16H18IN7O. The van der Waals surface area contributed by atoms with Crippen molar-refractivity contribution in [2.75, 3.05) is 16.8 Å². The van der Waals surface area contributed by atoms with E-state index in [4.69, 9.17) is 5.73 Å². The molecule has 0 saturated carbocycles. The normalized spacial score (nSPS) is 11.4. The number of likely N-dealkylation sites (N-methyl/N-ethyl adjacent to an activating group) is 1. The van der Waals surface area contributed by atoms with Crippen molar-refractivity contribution in [3.05, 3.63) is 30.2 Å². The van der Waals surface area contributed by atoms with Gasteiger partial charge in [-0.25, -0.2) is 9.97 Å². The maximum atomic E-state index is 11.9. The molecule has 0 aliphatic rings. The summed E-state index contributed by atoms with van der Waals surface area (Å²) < 4.78 is 2.44. The highest BCUT2D eigenvalue weighted by atomic mass is 127. The zero-order valence-corrected chi connectivity index (χ0v) is 15.8. The Morgan fingerprint density at radius 3 is 3.16 bits per heavy atom. The number of aromatic amines is 1. The fourth-order valence-electron chi connectivity index (χ4n) is 2.54. The zero-order valence-electron chi connectivity index (χ0n) is 13.7. The maximum Gasteiger partial charge on any atom is 0.239 e. The number of nitrogens with one attached hydrogen (secondary N) is 2. The summed E-state index contributed by atoms with van der Waals surface area (Å²) in [7, 11) is 0.